The number of aryl methyl sites for hydroxylation is 1. The van der Waals surface area contributed by atoms with E-state index in [0.29, 0.717) is 6.54 Å². The molecule has 1 aliphatic rings. The maximum Gasteiger partial charge on any atom is 0.223 e. The monoisotopic (exact) mass is 420 g/mol. The van der Waals surface area contributed by atoms with Crippen LogP contribution in [0.2, 0.25) is 0 Å². The number of rotatable bonds is 7. The molecule has 4 rings (SSSR count). The lowest BCUT2D eigenvalue weighted by Crippen LogP contribution is -2.41. The van der Waals surface area contributed by atoms with Gasteiger partial charge in [0.05, 0.1) is 7.11 Å². The molecule has 1 aliphatic heterocycles. The molecule has 0 bridgehead atoms. The minimum absolute atomic E-state index is 0.0405. The molecule has 0 unspecified atom stereocenters. The lowest BCUT2D eigenvalue weighted by Gasteiger charge is -2.32. The Balaban J connectivity index is 1.27. The number of nitrogens with zero attached hydrogens (tertiary/aromatic N) is 5. The van der Waals surface area contributed by atoms with Crippen molar-refractivity contribution in [2.45, 2.75) is 26.2 Å². The van der Waals surface area contributed by atoms with Crippen LogP contribution in [-0.4, -0.2) is 52.2 Å². The van der Waals surface area contributed by atoms with Crippen molar-refractivity contribution in [1.82, 2.24) is 24.8 Å². The molecule has 1 N–H and O–H groups in total. The number of benzene rings is 1. The van der Waals surface area contributed by atoms with E-state index in [1.54, 1.807) is 19.6 Å². The number of imidazole rings is 1. The van der Waals surface area contributed by atoms with Crippen LogP contribution in [0.4, 0.5) is 5.82 Å². The first-order valence-corrected chi connectivity index (χ1v) is 10.6. The number of anilines is 1. The lowest BCUT2D eigenvalue weighted by molar-refractivity contribution is -0.125. The van der Waals surface area contributed by atoms with E-state index in [1.165, 1.54) is 0 Å². The Kier molecular flexibility index (Phi) is 6.45. The van der Waals surface area contributed by atoms with Crippen LogP contribution in [-0.2, 0) is 11.2 Å². The fraction of sp³-hybridized carbons (Fsp3) is 0.391. The quantitative estimate of drug-likeness (QED) is 0.632. The molecule has 8 heteroatoms. The summed E-state index contributed by atoms with van der Waals surface area (Å²) in [4.78, 5) is 27.9. The molecular formula is C23H28N6O2. The van der Waals surface area contributed by atoms with Gasteiger partial charge >= 0.3 is 0 Å². The molecule has 31 heavy (non-hydrogen) atoms. The van der Waals surface area contributed by atoms with Crippen LogP contribution in [0.15, 0.2) is 49.1 Å². The van der Waals surface area contributed by atoms with Gasteiger partial charge in [0.1, 0.15) is 29.5 Å². The van der Waals surface area contributed by atoms with E-state index in [0.717, 1.165) is 61.1 Å². The largest absolute Gasteiger partial charge is 0.497 e. The van der Waals surface area contributed by atoms with Crippen LogP contribution in [0, 0.1) is 12.8 Å². The highest BCUT2D eigenvalue weighted by molar-refractivity contribution is 5.79. The third kappa shape index (κ3) is 5.02. The second kappa shape index (κ2) is 9.59. The highest BCUT2D eigenvalue weighted by Crippen LogP contribution is 2.23. The van der Waals surface area contributed by atoms with Crippen LogP contribution < -0.4 is 15.0 Å². The molecule has 0 atom stereocenters. The van der Waals surface area contributed by atoms with Crippen molar-refractivity contribution >= 4 is 11.7 Å². The number of piperidine rings is 1. The predicted octanol–water partition coefficient (Wildman–Crippen LogP) is 2.55. The SMILES string of the molecule is COc1cccc(CCNC(=O)C2CCN(c3cc(-n4ccnc4C)ncn3)CC2)c1. The van der Waals surface area contributed by atoms with Gasteiger partial charge in [0.25, 0.3) is 0 Å². The molecule has 8 nitrogen and oxygen atoms in total. The third-order valence-electron chi connectivity index (χ3n) is 5.75. The minimum atomic E-state index is 0.0405. The van der Waals surface area contributed by atoms with Gasteiger partial charge in [-0.3, -0.25) is 9.36 Å². The Hall–Kier alpha value is -3.42. The van der Waals surface area contributed by atoms with Crippen molar-refractivity contribution in [3.63, 3.8) is 0 Å². The van der Waals surface area contributed by atoms with Crippen LogP contribution in [0.3, 0.4) is 0 Å². The lowest BCUT2D eigenvalue weighted by atomic mass is 9.96. The number of ether oxygens (including phenoxy) is 1. The molecule has 2 aromatic heterocycles. The maximum atomic E-state index is 12.6. The minimum Gasteiger partial charge on any atom is -0.497 e. The van der Waals surface area contributed by atoms with Gasteiger partial charge in [-0.25, -0.2) is 15.0 Å². The number of carbonyl (C=O) groups excluding carboxylic acids is 1. The number of amides is 1. The van der Waals surface area contributed by atoms with Crippen molar-refractivity contribution in [2.24, 2.45) is 5.92 Å². The highest BCUT2D eigenvalue weighted by atomic mass is 16.5. The second-order valence-corrected chi connectivity index (χ2v) is 7.73. The number of aromatic nitrogens is 4. The van der Waals surface area contributed by atoms with Gasteiger partial charge in [-0.05, 0) is 43.9 Å². The Morgan fingerprint density at radius 2 is 1.97 bits per heavy atom. The summed E-state index contributed by atoms with van der Waals surface area (Å²) < 4.78 is 7.19. The first-order valence-electron chi connectivity index (χ1n) is 10.6. The van der Waals surface area contributed by atoms with Crippen molar-refractivity contribution in [1.29, 1.82) is 0 Å². The standard InChI is InChI=1S/C23H28N6O2/c1-17-24-10-13-29(17)22-15-21(26-16-27-22)28-11-7-19(8-12-28)23(30)25-9-6-18-4-3-5-20(14-18)31-2/h3-5,10,13-16,19H,6-9,11-12H2,1-2H3,(H,25,30). The van der Waals surface area contributed by atoms with Gasteiger partial charge in [-0.15, -0.1) is 0 Å². The van der Waals surface area contributed by atoms with Crippen molar-refractivity contribution < 1.29 is 9.53 Å². The van der Waals surface area contributed by atoms with E-state index in [2.05, 4.69) is 31.2 Å². The Bertz CT molecular complexity index is 1030. The first kappa shape index (κ1) is 20.8. The van der Waals surface area contributed by atoms with Crippen LogP contribution in [0.5, 0.6) is 5.75 Å². The second-order valence-electron chi connectivity index (χ2n) is 7.73. The Morgan fingerprint density at radius 1 is 1.16 bits per heavy atom. The molecule has 0 spiro atoms. The first-order chi connectivity index (χ1) is 15.1. The van der Waals surface area contributed by atoms with Crippen molar-refractivity contribution in [2.75, 3.05) is 31.6 Å². The molecule has 1 aromatic carbocycles. The molecule has 3 heterocycles. The molecule has 0 radical (unpaired) electrons. The number of hydrogen-bond donors (Lipinski definition) is 1. The molecule has 0 aliphatic carbocycles. The summed E-state index contributed by atoms with van der Waals surface area (Å²) in [5.41, 5.74) is 1.15. The van der Waals surface area contributed by atoms with E-state index >= 15 is 0 Å². The molecule has 1 saturated heterocycles. The van der Waals surface area contributed by atoms with Gasteiger partial charge < -0.3 is 15.0 Å². The topological polar surface area (TPSA) is 85.2 Å². The van der Waals surface area contributed by atoms with E-state index in [9.17, 15) is 4.79 Å². The van der Waals surface area contributed by atoms with E-state index in [-0.39, 0.29) is 11.8 Å². The Labute approximate surface area is 182 Å². The van der Waals surface area contributed by atoms with Gasteiger partial charge in [-0.1, -0.05) is 12.1 Å². The zero-order valence-corrected chi connectivity index (χ0v) is 18.0. The summed E-state index contributed by atoms with van der Waals surface area (Å²) in [5.74, 6) is 3.59. The number of methoxy groups -OCH3 is 1. The summed E-state index contributed by atoms with van der Waals surface area (Å²) in [6.45, 7) is 4.17. The summed E-state index contributed by atoms with van der Waals surface area (Å²) in [6, 6.07) is 9.93. The molecular weight excluding hydrogens is 392 g/mol. The van der Waals surface area contributed by atoms with Gasteiger partial charge in [0.15, 0.2) is 0 Å². The number of hydrogen-bond acceptors (Lipinski definition) is 6. The molecule has 1 amide bonds. The van der Waals surface area contributed by atoms with Gasteiger partial charge in [0.2, 0.25) is 5.91 Å². The fourth-order valence-electron chi connectivity index (χ4n) is 3.94. The zero-order valence-electron chi connectivity index (χ0n) is 18.0. The average molecular weight is 421 g/mol. The number of carbonyl (C=O) groups is 1. The molecule has 3 aromatic rings. The van der Waals surface area contributed by atoms with Crippen LogP contribution in [0.1, 0.15) is 24.2 Å². The maximum absolute atomic E-state index is 12.6. The summed E-state index contributed by atoms with van der Waals surface area (Å²) in [6.07, 6.45) is 7.66. The molecule has 0 saturated carbocycles. The summed E-state index contributed by atoms with van der Waals surface area (Å²) in [7, 11) is 1.66. The smallest absolute Gasteiger partial charge is 0.223 e. The highest BCUT2D eigenvalue weighted by Gasteiger charge is 2.25. The van der Waals surface area contributed by atoms with Gasteiger partial charge in [0, 0.05) is 44.0 Å². The van der Waals surface area contributed by atoms with Gasteiger partial charge in [-0.2, -0.15) is 0 Å². The summed E-state index contributed by atoms with van der Waals surface area (Å²) in [5, 5.41) is 3.09. The van der Waals surface area contributed by atoms with Crippen molar-refractivity contribution in [3.05, 3.63) is 60.4 Å². The molecule has 162 valence electrons. The average Bonchev–Trinajstić information content (AvgIpc) is 3.25. The van der Waals surface area contributed by atoms with Crippen LogP contribution in [0.25, 0.3) is 5.82 Å². The normalized spacial score (nSPS) is 14.5. The Morgan fingerprint density at radius 3 is 2.71 bits per heavy atom. The van der Waals surface area contributed by atoms with Crippen LogP contribution >= 0.6 is 0 Å². The van der Waals surface area contributed by atoms with E-state index in [4.69, 9.17) is 4.74 Å². The van der Waals surface area contributed by atoms with Crippen molar-refractivity contribution in [3.8, 4) is 11.6 Å². The third-order valence-corrected chi connectivity index (χ3v) is 5.75. The van der Waals surface area contributed by atoms with E-state index < -0.39 is 0 Å². The zero-order chi connectivity index (χ0) is 21.6. The fourth-order valence-corrected chi connectivity index (χ4v) is 3.94. The van der Waals surface area contributed by atoms with E-state index in [1.807, 2.05) is 42.0 Å². The molecule has 1 fully saturated rings. The predicted molar refractivity (Wildman–Crippen MR) is 119 cm³/mol. The number of nitrogens with one attached hydrogen (secondary N) is 1. The summed E-state index contributed by atoms with van der Waals surface area (Å²) >= 11 is 0.